The maximum atomic E-state index is 12.2. The van der Waals surface area contributed by atoms with E-state index in [1.807, 2.05) is 31.4 Å². The molecule has 1 aromatic carbocycles. The highest BCUT2D eigenvalue weighted by Crippen LogP contribution is 2.25. The van der Waals surface area contributed by atoms with Crippen LogP contribution in [0.1, 0.15) is 29.6 Å². The minimum absolute atomic E-state index is 0.00106. The first-order valence-electron chi connectivity index (χ1n) is 6.72. The van der Waals surface area contributed by atoms with Crippen LogP contribution in [0.4, 0.5) is 0 Å². The molecular weight excluding hydrogens is 318 g/mol. The van der Waals surface area contributed by atoms with Gasteiger partial charge in [-0.25, -0.2) is 0 Å². The minimum Gasteiger partial charge on any atom is -0.349 e. The third-order valence-corrected chi connectivity index (χ3v) is 4.10. The van der Waals surface area contributed by atoms with E-state index in [0.717, 1.165) is 28.4 Å². The molecular formula is C15H16BrN3O. The van der Waals surface area contributed by atoms with E-state index in [4.69, 9.17) is 0 Å². The largest absolute Gasteiger partial charge is 0.349 e. The Bertz CT molecular complexity index is 646. The zero-order valence-electron chi connectivity index (χ0n) is 11.3. The van der Waals surface area contributed by atoms with Crippen LogP contribution < -0.4 is 5.32 Å². The van der Waals surface area contributed by atoms with E-state index >= 15 is 0 Å². The minimum atomic E-state index is 0.00106. The molecule has 0 saturated heterocycles. The lowest BCUT2D eigenvalue weighted by Gasteiger charge is -2.26. The number of carbonyl (C=O) groups is 1. The lowest BCUT2D eigenvalue weighted by Crippen LogP contribution is -2.39. The maximum Gasteiger partial charge on any atom is 0.251 e. The summed E-state index contributed by atoms with van der Waals surface area (Å²) in [6.45, 7) is 0. The topological polar surface area (TPSA) is 46.9 Å². The molecule has 1 amide bonds. The van der Waals surface area contributed by atoms with Crippen molar-refractivity contribution in [3.8, 4) is 11.1 Å². The smallest absolute Gasteiger partial charge is 0.251 e. The van der Waals surface area contributed by atoms with Crippen molar-refractivity contribution in [3.63, 3.8) is 0 Å². The highest BCUT2D eigenvalue weighted by atomic mass is 79.9. The Hall–Kier alpha value is -1.62. The average molecular weight is 334 g/mol. The number of nitrogens with one attached hydrogen (secondary N) is 1. The summed E-state index contributed by atoms with van der Waals surface area (Å²) in [5.41, 5.74) is 2.68. The standard InChI is InChI=1S/C15H16BrN3O/c1-19-9-12(8-17-19)10-5-11(7-13(16)6-10)15(20)18-14-3-2-4-14/h5-9,14H,2-4H2,1H3,(H,18,20). The molecule has 20 heavy (non-hydrogen) atoms. The molecule has 1 fully saturated rings. The van der Waals surface area contributed by atoms with Crippen molar-refractivity contribution in [3.05, 3.63) is 40.6 Å². The predicted octanol–water partition coefficient (Wildman–Crippen LogP) is 3.13. The van der Waals surface area contributed by atoms with Gasteiger partial charge in [-0.3, -0.25) is 9.48 Å². The molecule has 104 valence electrons. The van der Waals surface area contributed by atoms with Crippen molar-refractivity contribution in [2.75, 3.05) is 0 Å². The van der Waals surface area contributed by atoms with Crippen molar-refractivity contribution in [2.24, 2.45) is 7.05 Å². The van der Waals surface area contributed by atoms with Gasteiger partial charge in [-0.2, -0.15) is 5.10 Å². The quantitative estimate of drug-likeness (QED) is 0.937. The van der Waals surface area contributed by atoms with Crippen LogP contribution in [0.2, 0.25) is 0 Å². The zero-order chi connectivity index (χ0) is 14.1. The van der Waals surface area contributed by atoms with Crippen LogP contribution >= 0.6 is 15.9 Å². The summed E-state index contributed by atoms with van der Waals surface area (Å²) >= 11 is 3.48. The molecule has 0 atom stereocenters. The third kappa shape index (κ3) is 2.77. The van der Waals surface area contributed by atoms with Gasteiger partial charge in [0.05, 0.1) is 6.20 Å². The summed E-state index contributed by atoms with van der Waals surface area (Å²) in [5, 5.41) is 7.23. The zero-order valence-corrected chi connectivity index (χ0v) is 12.9. The first-order chi connectivity index (χ1) is 9.61. The summed E-state index contributed by atoms with van der Waals surface area (Å²) in [4.78, 5) is 12.2. The molecule has 1 aliphatic rings. The molecule has 0 aliphatic heterocycles. The molecule has 0 unspecified atom stereocenters. The monoisotopic (exact) mass is 333 g/mol. The Kier molecular flexibility index (Phi) is 3.61. The lowest BCUT2D eigenvalue weighted by atomic mass is 9.93. The second-order valence-corrected chi connectivity index (χ2v) is 6.15. The highest BCUT2D eigenvalue weighted by Gasteiger charge is 2.20. The fourth-order valence-electron chi connectivity index (χ4n) is 2.28. The summed E-state index contributed by atoms with van der Waals surface area (Å²) < 4.78 is 2.65. The fraction of sp³-hybridized carbons (Fsp3) is 0.333. The number of hydrogen-bond donors (Lipinski definition) is 1. The molecule has 1 N–H and O–H groups in total. The number of aromatic nitrogens is 2. The molecule has 1 aromatic heterocycles. The van der Waals surface area contributed by atoms with Gasteiger partial charge in [-0.1, -0.05) is 15.9 Å². The van der Waals surface area contributed by atoms with Gasteiger partial charge < -0.3 is 5.32 Å². The molecule has 0 bridgehead atoms. The molecule has 1 saturated carbocycles. The van der Waals surface area contributed by atoms with Crippen LogP contribution in [-0.4, -0.2) is 21.7 Å². The summed E-state index contributed by atoms with van der Waals surface area (Å²) in [6.07, 6.45) is 7.14. The number of nitrogens with zero attached hydrogens (tertiary/aromatic N) is 2. The Labute approximate surface area is 126 Å². The van der Waals surface area contributed by atoms with Crippen LogP contribution in [0.25, 0.3) is 11.1 Å². The number of amides is 1. The number of carbonyl (C=O) groups excluding carboxylic acids is 1. The van der Waals surface area contributed by atoms with Gasteiger partial charge in [0.25, 0.3) is 5.91 Å². The molecule has 3 rings (SSSR count). The van der Waals surface area contributed by atoms with Crippen LogP contribution in [0.15, 0.2) is 35.1 Å². The van der Waals surface area contributed by atoms with Gasteiger partial charge in [0.2, 0.25) is 0 Å². The number of halogens is 1. The van der Waals surface area contributed by atoms with Crippen molar-refractivity contribution >= 4 is 21.8 Å². The Morgan fingerprint density at radius 2 is 2.15 bits per heavy atom. The van der Waals surface area contributed by atoms with Crippen LogP contribution in [-0.2, 0) is 7.05 Å². The van der Waals surface area contributed by atoms with E-state index in [2.05, 4.69) is 26.3 Å². The lowest BCUT2D eigenvalue weighted by molar-refractivity contribution is 0.0917. The molecule has 1 heterocycles. The fourth-order valence-corrected chi connectivity index (χ4v) is 2.77. The average Bonchev–Trinajstić information content (AvgIpc) is 2.79. The van der Waals surface area contributed by atoms with Gasteiger partial charge in [-0.15, -0.1) is 0 Å². The first kappa shape index (κ1) is 13.4. The van der Waals surface area contributed by atoms with E-state index in [-0.39, 0.29) is 5.91 Å². The molecule has 1 aliphatic carbocycles. The number of hydrogen-bond acceptors (Lipinski definition) is 2. The summed E-state index contributed by atoms with van der Waals surface area (Å²) in [7, 11) is 1.88. The van der Waals surface area contributed by atoms with Crippen molar-refractivity contribution < 1.29 is 4.79 Å². The normalized spacial score (nSPS) is 14.9. The van der Waals surface area contributed by atoms with Gasteiger partial charge >= 0.3 is 0 Å². The summed E-state index contributed by atoms with van der Waals surface area (Å²) in [5.74, 6) is 0.00106. The van der Waals surface area contributed by atoms with Crippen LogP contribution in [0, 0.1) is 0 Å². The Balaban J connectivity index is 1.87. The van der Waals surface area contributed by atoms with Crippen LogP contribution in [0.5, 0.6) is 0 Å². The van der Waals surface area contributed by atoms with Gasteiger partial charge in [0.15, 0.2) is 0 Å². The van der Waals surface area contributed by atoms with Crippen LogP contribution in [0.3, 0.4) is 0 Å². The van der Waals surface area contributed by atoms with E-state index in [1.165, 1.54) is 6.42 Å². The number of rotatable bonds is 3. The van der Waals surface area contributed by atoms with Gasteiger partial charge in [0, 0.05) is 34.9 Å². The summed E-state index contributed by atoms with van der Waals surface area (Å²) in [6, 6.07) is 6.11. The first-order valence-corrected chi connectivity index (χ1v) is 7.51. The molecule has 5 heteroatoms. The number of benzene rings is 1. The van der Waals surface area contributed by atoms with Crippen molar-refractivity contribution in [2.45, 2.75) is 25.3 Å². The SMILES string of the molecule is Cn1cc(-c2cc(Br)cc(C(=O)NC3CCC3)c2)cn1. The van der Waals surface area contributed by atoms with E-state index in [1.54, 1.807) is 10.9 Å². The molecule has 4 nitrogen and oxygen atoms in total. The maximum absolute atomic E-state index is 12.2. The predicted molar refractivity (Wildman–Crippen MR) is 81.4 cm³/mol. The van der Waals surface area contributed by atoms with E-state index < -0.39 is 0 Å². The van der Waals surface area contributed by atoms with Crippen molar-refractivity contribution in [1.82, 2.24) is 15.1 Å². The van der Waals surface area contributed by atoms with Gasteiger partial charge in [0.1, 0.15) is 0 Å². The molecule has 2 aromatic rings. The molecule has 0 radical (unpaired) electrons. The second kappa shape index (κ2) is 5.40. The van der Waals surface area contributed by atoms with E-state index in [0.29, 0.717) is 11.6 Å². The van der Waals surface area contributed by atoms with Crippen molar-refractivity contribution in [1.29, 1.82) is 0 Å². The highest BCUT2D eigenvalue weighted by molar-refractivity contribution is 9.10. The molecule has 0 spiro atoms. The number of aryl methyl sites for hydroxylation is 1. The Morgan fingerprint density at radius 1 is 1.35 bits per heavy atom. The van der Waals surface area contributed by atoms with Gasteiger partial charge in [-0.05, 0) is 43.0 Å². The van der Waals surface area contributed by atoms with E-state index in [9.17, 15) is 4.79 Å². The second-order valence-electron chi connectivity index (χ2n) is 5.23. The third-order valence-electron chi connectivity index (χ3n) is 3.64. The Morgan fingerprint density at radius 3 is 2.75 bits per heavy atom.